The highest BCUT2D eigenvalue weighted by Crippen LogP contribution is 2.27. The number of hydrogen-bond donors (Lipinski definition) is 1. The van der Waals surface area contributed by atoms with Gasteiger partial charge in [0.1, 0.15) is 0 Å². The second kappa shape index (κ2) is 8.92. The molecular weight excluding hydrogens is 314 g/mol. The van der Waals surface area contributed by atoms with Crippen LogP contribution in [0, 0.1) is 0 Å². The smallest absolute Gasteiger partial charge is 0.244 e. The quantitative estimate of drug-likeness (QED) is 0.771. The fourth-order valence-electron chi connectivity index (χ4n) is 2.40. The largest absolute Gasteiger partial charge is 0.493 e. The van der Waals surface area contributed by atoms with Crippen molar-refractivity contribution in [3.8, 4) is 11.5 Å². The third-order valence-electron chi connectivity index (χ3n) is 3.95. The van der Waals surface area contributed by atoms with Crippen molar-refractivity contribution < 1.29 is 14.3 Å². The summed E-state index contributed by atoms with van der Waals surface area (Å²) in [6.07, 6.45) is 3.27. The van der Waals surface area contributed by atoms with Crippen molar-refractivity contribution in [2.45, 2.75) is 26.3 Å². The van der Waals surface area contributed by atoms with Gasteiger partial charge < -0.3 is 14.8 Å². The SMILES string of the molecule is COc1ccc(/C=C/C(=O)NCc2ccc(C(C)C)cc2)cc1OC. The molecule has 2 rings (SSSR count). The van der Waals surface area contributed by atoms with Gasteiger partial charge in [-0.05, 0) is 40.8 Å². The maximum absolute atomic E-state index is 12.0. The van der Waals surface area contributed by atoms with E-state index in [0.29, 0.717) is 24.0 Å². The Morgan fingerprint density at radius 1 is 1.04 bits per heavy atom. The Labute approximate surface area is 149 Å². The van der Waals surface area contributed by atoms with Crippen molar-refractivity contribution in [1.29, 1.82) is 0 Å². The first-order chi connectivity index (χ1) is 12.0. The number of carbonyl (C=O) groups excluding carboxylic acids is 1. The lowest BCUT2D eigenvalue weighted by atomic mass is 10.0. The van der Waals surface area contributed by atoms with Crippen LogP contribution in [0.1, 0.15) is 36.5 Å². The molecule has 132 valence electrons. The van der Waals surface area contributed by atoms with E-state index in [1.54, 1.807) is 20.3 Å². The minimum atomic E-state index is -0.136. The van der Waals surface area contributed by atoms with Crippen molar-refractivity contribution >= 4 is 12.0 Å². The molecule has 0 saturated heterocycles. The number of methoxy groups -OCH3 is 2. The van der Waals surface area contributed by atoms with Gasteiger partial charge in [-0.15, -0.1) is 0 Å². The standard InChI is InChI=1S/C21H25NO3/c1-15(2)18-9-5-17(6-10-18)14-22-21(23)12-8-16-7-11-19(24-3)20(13-16)25-4/h5-13,15H,14H2,1-4H3,(H,22,23)/b12-8+. The Balaban J connectivity index is 1.92. The first-order valence-electron chi connectivity index (χ1n) is 8.30. The first-order valence-corrected chi connectivity index (χ1v) is 8.30. The zero-order valence-electron chi connectivity index (χ0n) is 15.2. The summed E-state index contributed by atoms with van der Waals surface area (Å²) in [6.45, 7) is 4.83. The van der Waals surface area contributed by atoms with Gasteiger partial charge in [0.2, 0.25) is 5.91 Å². The van der Waals surface area contributed by atoms with E-state index in [9.17, 15) is 4.79 Å². The van der Waals surface area contributed by atoms with Crippen LogP contribution in [-0.2, 0) is 11.3 Å². The molecule has 1 amide bonds. The van der Waals surface area contributed by atoms with Crippen molar-refractivity contribution in [1.82, 2.24) is 5.32 Å². The highest BCUT2D eigenvalue weighted by Gasteiger charge is 2.04. The van der Waals surface area contributed by atoms with Gasteiger partial charge in [-0.3, -0.25) is 4.79 Å². The highest BCUT2D eigenvalue weighted by atomic mass is 16.5. The normalized spacial score (nSPS) is 10.9. The molecule has 4 heteroatoms. The number of hydrogen-bond acceptors (Lipinski definition) is 3. The van der Waals surface area contributed by atoms with Crippen LogP contribution in [-0.4, -0.2) is 20.1 Å². The third kappa shape index (κ3) is 5.38. The zero-order chi connectivity index (χ0) is 18.2. The van der Waals surface area contributed by atoms with Gasteiger partial charge in [0.05, 0.1) is 14.2 Å². The second-order valence-electron chi connectivity index (χ2n) is 6.06. The molecule has 4 nitrogen and oxygen atoms in total. The van der Waals surface area contributed by atoms with E-state index in [1.165, 1.54) is 11.6 Å². The van der Waals surface area contributed by atoms with E-state index < -0.39 is 0 Å². The monoisotopic (exact) mass is 339 g/mol. The molecule has 0 radical (unpaired) electrons. The molecule has 0 saturated carbocycles. The molecule has 0 bridgehead atoms. The Morgan fingerprint density at radius 2 is 1.72 bits per heavy atom. The molecule has 2 aromatic carbocycles. The Hall–Kier alpha value is -2.75. The van der Waals surface area contributed by atoms with Crippen molar-refractivity contribution in [3.63, 3.8) is 0 Å². The fourth-order valence-corrected chi connectivity index (χ4v) is 2.40. The van der Waals surface area contributed by atoms with Crippen LogP contribution in [0.4, 0.5) is 0 Å². The molecule has 0 aliphatic carbocycles. The van der Waals surface area contributed by atoms with Crippen LogP contribution in [0.25, 0.3) is 6.08 Å². The summed E-state index contributed by atoms with van der Waals surface area (Å²) in [5.41, 5.74) is 3.25. The van der Waals surface area contributed by atoms with E-state index in [2.05, 4.69) is 31.3 Å². The molecule has 0 fully saturated rings. The lowest BCUT2D eigenvalue weighted by Gasteiger charge is -2.08. The molecule has 0 spiro atoms. The number of benzene rings is 2. The number of ether oxygens (including phenoxy) is 2. The number of rotatable bonds is 7. The topological polar surface area (TPSA) is 47.6 Å². The van der Waals surface area contributed by atoms with Crippen LogP contribution in [0.2, 0.25) is 0 Å². The van der Waals surface area contributed by atoms with Crippen molar-refractivity contribution in [2.75, 3.05) is 14.2 Å². The minimum Gasteiger partial charge on any atom is -0.493 e. The molecule has 0 aliphatic rings. The molecular formula is C21H25NO3. The van der Waals surface area contributed by atoms with E-state index in [-0.39, 0.29) is 5.91 Å². The van der Waals surface area contributed by atoms with Crippen LogP contribution in [0.15, 0.2) is 48.5 Å². The minimum absolute atomic E-state index is 0.136. The molecule has 2 aromatic rings. The first kappa shape index (κ1) is 18.6. The number of amides is 1. The van der Waals surface area contributed by atoms with Crippen molar-refractivity contribution in [2.24, 2.45) is 0 Å². The Bertz CT molecular complexity index is 733. The predicted molar refractivity (Wildman–Crippen MR) is 101 cm³/mol. The maximum Gasteiger partial charge on any atom is 0.244 e. The Kier molecular flexibility index (Phi) is 6.63. The van der Waals surface area contributed by atoms with Gasteiger partial charge in [0.25, 0.3) is 0 Å². The summed E-state index contributed by atoms with van der Waals surface area (Å²) in [5, 5.41) is 2.89. The average Bonchev–Trinajstić information content (AvgIpc) is 2.64. The van der Waals surface area contributed by atoms with Gasteiger partial charge >= 0.3 is 0 Å². The maximum atomic E-state index is 12.0. The molecule has 25 heavy (non-hydrogen) atoms. The average molecular weight is 339 g/mol. The van der Waals surface area contributed by atoms with Crippen LogP contribution in [0.3, 0.4) is 0 Å². The lowest BCUT2D eigenvalue weighted by molar-refractivity contribution is -0.116. The molecule has 0 heterocycles. The third-order valence-corrected chi connectivity index (χ3v) is 3.95. The van der Waals surface area contributed by atoms with Gasteiger partial charge in [0.15, 0.2) is 11.5 Å². The predicted octanol–water partition coefficient (Wildman–Crippen LogP) is 4.16. The summed E-state index contributed by atoms with van der Waals surface area (Å²) >= 11 is 0. The molecule has 0 unspecified atom stereocenters. The van der Waals surface area contributed by atoms with Gasteiger partial charge in [-0.1, -0.05) is 44.2 Å². The number of carbonyl (C=O) groups is 1. The highest BCUT2D eigenvalue weighted by molar-refractivity contribution is 5.91. The molecule has 1 N–H and O–H groups in total. The summed E-state index contributed by atoms with van der Waals surface area (Å²) in [4.78, 5) is 12.0. The molecule has 0 aliphatic heterocycles. The van der Waals surface area contributed by atoms with E-state index in [1.807, 2.05) is 30.3 Å². The summed E-state index contributed by atoms with van der Waals surface area (Å²) in [5.74, 6) is 1.67. The molecule has 0 aromatic heterocycles. The van der Waals surface area contributed by atoms with Crippen LogP contribution in [0.5, 0.6) is 11.5 Å². The van der Waals surface area contributed by atoms with Gasteiger partial charge in [0, 0.05) is 12.6 Å². The fraction of sp³-hybridized carbons (Fsp3) is 0.286. The summed E-state index contributed by atoms with van der Waals surface area (Å²) < 4.78 is 10.5. The van der Waals surface area contributed by atoms with Gasteiger partial charge in [-0.2, -0.15) is 0 Å². The van der Waals surface area contributed by atoms with Crippen LogP contribution >= 0.6 is 0 Å². The van der Waals surface area contributed by atoms with E-state index in [0.717, 1.165) is 11.1 Å². The van der Waals surface area contributed by atoms with E-state index >= 15 is 0 Å². The van der Waals surface area contributed by atoms with E-state index in [4.69, 9.17) is 9.47 Å². The zero-order valence-corrected chi connectivity index (χ0v) is 15.2. The molecule has 0 atom stereocenters. The number of nitrogens with one attached hydrogen (secondary N) is 1. The second-order valence-corrected chi connectivity index (χ2v) is 6.06. The van der Waals surface area contributed by atoms with Crippen LogP contribution < -0.4 is 14.8 Å². The lowest BCUT2D eigenvalue weighted by Crippen LogP contribution is -2.20. The van der Waals surface area contributed by atoms with Gasteiger partial charge in [-0.25, -0.2) is 0 Å². The summed E-state index contributed by atoms with van der Waals surface area (Å²) in [6, 6.07) is 13.8. The Morgan fingerprint density at radius 3 is 2.32 bits per heavy atom. The van der Waals surface area contributed by atoms with Crippen molar-refractivity contribution in [3.05, 3.63) is 65.2 Å². The summed E-state index contributed by atoms with van der Waals surface area (Å²) in [7, 11) is 3.18.